The summed E-state index contributed by atoms with van der Waals surface area (Å²) in [5, 5.41) is 14.4. The van der Waals surface area contributed by atoms with Crippen molar-refractivity contribution >= 4 is 34.0 Å². The number of rotatable bonds is 4. The zero-order valence-corrected chi connectivity index (χ0v) is 13.1. The van der Waals surface area contributed by atoms with E-state index in [4.69, 9.17) is 0 Å². The van der Waals surface area contributed by atoms with E-state index >= 15 is 0 Å². The number of piperidine rings is 1. The Morgan fingerprint density at radius 2 is 2.32 bits per heavy atom. The summed E-state index contributed by atoms with van der Waals surface area (Å²) in [5.74, 6) is 0. The van der Waals surface area contributed by atoms with Crippen LogP contribution in [0.2, 0.25) is 0 Å². The van der Waals surface area contributed by atoms with Crippen molar-refractivity contribution in [3.8, 4) is 0 Å². The third-order valence-electron chi connectivity index (χ3n) is 3.51. The minimum atomic E-state index is -0.275. The van der Waals surface area contributed by atoms with Crippen molar-refractivity contribution in [3.05, 3.63) is 31.9 Å². The Morgan fingerprint density at radius 3 is 3.00 bits per heavy atom. The molecule has 1 saturated heterocycles. The van der Waals surface area contributed by atoms with Crippen molar-refractivity contribution in [3.63, 3.8) is 0 Å². The number of nitrogens with zero attached hydrogens (tertiary/aromatic N) is 2. The van der Waals surface area contributed by atoms with Crippen molar-refractivity contribution in [1.82, 2.24) is 5.32 Å². The maximum atomic E-state index is 11.2. The summed E-state index contributed by atoms with van der Waals surface area (Å²) in [5.41, 5.74) is 0.972. The van der Waals surface area contributed by atoms with E-state index in [1.54, 1.807) is 6.07 Å². The summed E-state index contributed by atoms with van der Waals surface area (Å²) in [6.45, 7) is 1.76. The summed E-state index contributed by atoms with van der Waals surface area (Å²) in [7, 11) is 1.93. The van der Waals surface area contributed by atoms with Crippen LogP contribution in [0.1, 0.15) is 19.3 Å². The molecule has 6 heteroatoms. The molecule has 5 nitrogen and oxygen atoms in total. The standard InChI is InChI=1S/C13H18IN3O2/c1-15-9-11-4-2-3-7-16(11)12-6-5-10(14)8-13(12)17(18)19/h5-6,8,11,15H,2-4,7,9H2,1H3. The van der Waals surface area contributed by atoms with Gasteiger partial charge in [-0.2, -0.15) is 0 Å². The molecular weight excluding hydrogens is 357 g/mol. The van der Waals surface area contributed by atoms with Gasteiger partial charge in [0.2, 0.25) is 0 Å². The van der Waals surface area contributed by atoms with Crippen LogP contribution < -0.4 is 10.2 Å². The molecule has 1 aromatic rings. The highest BCUT2D eigenvalue weighted by Gasteiger charge is 2.27. The molecule has 0 spiro atoms. The Bertz CT molecular complexity index is 465. The summed E-state index contributed by atoms with van der Waals surface area (Å²) in [4.78, 5) is 13.2. The van der Waals surface area contributed by atoms with E-state index in [-0.39, 0.29) is 10.6 Å². The zero-order valence-electron chi connectivity index (χ0n) is 10.9. The normalized spacial score (nSPS) is 19.5. The van der Waals surface area contributed by atoms with Gasteiger partial charge in [-0.15, -0.1) is 0 Å². The highest BCUT2D eigenvalue weighted by molar-refractivity contribution is 14.1. The predicted octanol–water partition coefficient (Wildman–Crippen LogP) is 2.78. The fraction of sp³-hybridized carbons (Fsp3) is 0.538. The molecule has 0 aliphatic carbocycles. The maximum Gasteiger partial charge on any atom is 0.293 e. The van der Waals surface area contributed by atoms with Gasteiger partial charge in [0, 0.05) is 28.8 Å². The smallest absolute Gasteiger partial charge is 0.293 e. The number of nitro benzene ring substituents is 1. The van der Waals surface area contributed by atoms with Gasteiger partial charge in [0.1, 0.15) is 5.69 Å². The molecule has 1 aromatic carbocycles. The molecule has 0 saturated carbocycles. The lowest BCUT2D eigenvalue weighted by molar-refractivity contribution is -0.384. The van der Waals surface area contributed by atoms with E-state index in [1.165, 1.54) is 6.42 Å². The number of anilines is 1. The average molecular weight is 375 g/mol. The monoisotopic (exact) mass is 375 g/mol. The van der Waals surface area contributed by atoms with Gasteiger partial charge in [0.15, 0.2) is 0 Å². The van der Waals surface area contributed by atoms with Crippen molar-refractivity contribution in [2.75, 3.05) is 25.0 Å². The molecule has 104 valence electrons. The number of likely N-dealkylation sites (N-methyl/N-ethyl adjacent to an activating group) is 1. The van der Waals surface area contributed by atoms with Crippen LogP contribution in [-0.4, -0.2) is 31.1 Å². The van der Waals surface area contributed by atoms with Crippen LogP contribution in [0.4, 0.5) is 11.4 Å². The van der Waals surface area contributed by atoms with Gasteiger partial charge in [0.25, 0.3) is 5.69 Å². The van der Waals surface area contributed by atoms with Crippen molar-refractivity contribution in [2.24, 2.45) is 0 Å². The van der Waals surface area contributed by atoms with Crippen LogP contribution in [0.25, 0.3) is 0 Å². The molecule has 0 bridgehead atoms. The second-order valence-corrected chi connectivity index (χ2v) is 6.04. The van der Waals surface area contributed by atoms with Gasteiger partial charge in [-0.3, -0.25) is 10.1 Å². The number of hydrogen-bond donors (Lipinski definition) is 1. The second kappa shape index (κ2) is 6.51. The first-order valence-electron chi connectivity index (χ1n) is 6.48. The van der Waals surface area contributed by atoms with Crippen molar-refractivity contribution in [2.45, 2.75) is 25.3 Å². The molecule has 0 radical (unpaired) electrons. The van der Waals surface area contributed by atoms with E-state index in [9.17, 15) is 10.1 Å². The van der Waals surface area contributed by atoms with Crippen LogP contribution in [0.3, 0.4) is 0 Å². The Balaban J connectivity index is 2.35. The molecule has 1 atom stereocenters. The predicted molar refractivity (Wildman–Crippen MR) is 84.7 cm³/mol. The molecular formula is C13H18IN3O2. The minimum absolute atomic E-state index is 0.218. The van der Waals surface area contributed by atoms with E-state index in [2.05, 4.69) is 32.8 Å². The SMILES string of the molecule is CNCC1CCCCN1c1ccc(I)cc1[N+](=O)[O-]. The fourth-order valence-electron chi connectivity index (χ4n) is 2.65. The molecule has 0 aromatic heterocycles. The van der Waals surface area contributed by atoms with Gasteiger partial charge in [-0.05, 0) is 61.0 Å². The molecule has 1 unspecified atom stereocenters. The zero-order chi connectivity index (χ0) is 13.8. The minimum Gasteiger partial charge on any atom is -0.362 e. The van der Waals surface area contributed by atoms with Crippen molar-refractivity contribution in [1.29, 1.82) is 0 Å². The lowest BCUT2D eigenvalue weighted by Crippen LogP contribution is -2.45. The second-order valence-electron chi connectivity index (χ2n) is 4.79. The fourth-order valence-corrected chi connectivity index (χ4v) is 3.13. The Morgan fingerprint density at radius 1 is 1.53 bits per heavy atom. The summed E-state index contributed by atoms with van der Waals surface area (Å²) >= 11 is 2.11. The molecule has 1 aliphatic rings. The van der Waals surface area contributed by atoms with Crippen LogP contribution in [-0.2, 0) is 0 Å². The van der Waals surface area contributed by atoms with Crippen molar-refractivity contribution < 1.29 is 4.92 Å². The molecule has 1 fully saturated rings. The average Bonchev–Trinajstić information content (AvgIpc) is 2.40. The molecule has 2 rings (SSSR count). The van der Waals surface area contributed by atoms with Gasteiger partial charge in [-0.25, -0.2) is 0 Å². The Kier molecular flexibility index (Phi) is 4.98. The highest BCUT2D eigenvalue weighted by Crippen LogP contribution is 2.33. The molecule has 1 heterocycles. The number of halogens is 1. The number of nitrogens with one attached hydrogen (secondary N) is 1. The third-order valence-corrected chi connectivity index (χ3v) is 4.18. The lowest BCUT2D eigenvalue weighted by atomic mass is 10.0. The topological polar surface area (TPSA) is 58.4 Å². The largest absolute Gasteiger partial charge is 0.362 e. The number of nitro groups is 1. The number of benzene rings is 1. The van der Waals surface area contributed by atoms with E-state index < -0.39 is 0 Å². The molecule has 1 aliphatic heterocycles. The summed E-state index contributed by atoms with van der Waals surface area (Å²) in [6.07, 6.45) is 3.38. The first kappa shape index (κ1) is 14.5. The first-order chi connectivity index (χ1) is 9.13. The van der Waals surface area contributed by atoms with Crippen LogP contribution in [0.5, 0.6) is 0 Å². The van der Waals surface area contributed by atoms with Gasteiger partial charge < -0.3 is 10.2 Å². The summed E-state index contributed by atoms with van der Waals surface area (Å²) < 4.78 is 0.898. The molecule has 19 heavy (non-hydrogen) atoms. The Labute approximate surface area is 126 Å². The molecule has 1 N–H and O–H groups in total. The lowest BCUT2D eigenvalue weighted by Gasteiger charge is -2.37. The number of hydrogen-bond acceptors (Lipinski definition) is 4. The van der Waals surface area contributed by atoms with Gasteiger partial charge >= 0.3 is 0 Å². The summed E-state index contributed by atoms with van der Waals surface area (Å²) in [6, 6.07) is 5.82. The quantitative estimate of drug-likeness (QED) is 0.500. The van der Waals surface area contributed by atoms with Crippen LogP contribution >= 0.6 is 22.6 Å². The van der Waals surface area contributed by atoms with E-state index in [1.807, 2.05) is 19.2 Å². The van der Waals surface area contributed by atoms with Gasteiger partial charge in [0.05, 0.1) is 4.92 Å². The molecule has 0 amide bonds. The van der Waals surface area contributed by atoms with E-state index in [0.29, 0.717) is 6.04 Å². The first-order valence-corrected chi connectivity index (χ1v) is 7.56. The van der Waals surface area contributed by atoms with Crippen LogP contribution in [0.15, 0.2) is 18.2 Å². The van der Waals surface area contributed by atoms with Crippen LogP contribution in [0, 0.1) is 13.7 Å². The van der Waals surface area contributed by atoms with Gasteiger partial charge in [-0.1, -0.05) is 0 Å². The van der Waals surface area contributed by atoms with E-state index in [0.717, 1.165) is 35.2 Å². The maximum absolute atomic E-state index is 11.2. The highest BCUT2D eigenvalue weighted by atomic mass is 127. The third kappa shape index (κ3) is 3.36. The Hall–Kier alpha value is -0.890.